The number of hydrogen-bond acceptors (Lipinski definition) is 5. The summed E-state index contributed by atoms with van der Waals surface area (Å²) in [5, 5.41) is 21.9. The molecule has 5 atom stereocenters. The average molecular weight is 298 g/mol. The third-order valence-corrected chi connectivity index (χ3v) is 5.03. The van der Waals surface area contributed by atoms with Crippen molar-refractivity contribution in [2.45, 2.75) is 76.0 Å². The number of Topliss-reactive ketones (excluding diaryl/α,β-unsaturated/α-hetero) is 1. The number of carbonyl (C=O) groups is 1. The highest BCUT2D eigenvalue weighted by atomic mass is 16.6. The minimum atomic E-state index is -1.75. The number of methoxy groups -OCH3 is 1. The van der Waals surface area contributed by atoms with Crippen LogP contribution in [0.4, 0.5) is 0 Å². The van der Waals surface area contributed by atoms with E-state index in [1.54, 1.807) is 13.8 Å². The molecule has 0 spiro atoms. The van der Waals surface area contributed by atoms with Gasteiger partial charge in [-0.25, -0.2) is 0 Å². The van der Waals surface area contributed by atoms with E-state index < -0.39 is 22.9 Å². The van der Waals surface area contributed by atoms with Crippen molar-refractivity contribution in [3.05, 3.63) is 11.6 Å². The molecule has 0 aromatic heterocycles. The number of ketones is 1. The van der Waals surface area contributed by atoms with E-state index in [1.165, 1.54) is 7.11 Å². The molecular formula is C16H26O5. The van der Waals surface area contributed by atoms with E-state index >= 15 is 0 Å². The maximum Gasteiger partial charge on any atom is 0.164 e. The maximum atomic E-state index is 12.1. The highest BCUT2D eigenvalue weighted by Crippen LogP contribution is 2.56. The van der Waals surface area contributed by atoms with Gasteiger partial charge in [-0.3, -0.25) is 4.79 Å². The number of ether oxygens (including phenoxy) is 2. The van der Waals surface area contributed by atoms with Gasteiger partial charge < -0.3 is 19.7 Å². The molecule has 2 N–H and O–H groups in total. The molecule has 0 bridgehead atoms. The van der Waals surface area contributed by atoms with Gasteiger partial charge in [-0.1, -0.05) is 11.6 Å². The molecule has 120 valence electrons. The van der Waals surface area contributed by atoms with Crippen molar-refractivity contribution < 1.29 is 24.5 Å². The summed E-state index contributed by atoms with van der Waals surface area (Å²) in [7, 11) is 1.38. The van der Waals surface area contributed by atoms with Gasteiger partial charge in [0.2, 0.25) is 0 Å². The van der Waals surface area contributed by atoms with E-state index in [1.807, 2.05) is 19.9 Å². The molecule has 1 saturated heterocycles. The maximum absolute atomic E-state index is 12.1. The molecular weight excluding hydrogens is 272 g/mol. The van der Waals surface area contributed by atoms with Gasteiger partial charge in [0.25, 0.3) is 0 Å². The monoisotopic (exact) mass is 298 g/mol. The fraction of sp³-hybridized carbons (Fsp3) is 0.812. The number of aliphatic hydroxyl groups is 2. The highest BCUT2D eigenvalue weighted by Gasteiger charge is 2.75. The number of hydrogen-bond donors (Lipinski definition) is 2. The van der Waals surface area contributed by atoms with Crippen LogP contribution in [-0.4, -0.2) is 52.1 Å². The zero-order chi connectivity index (χ0) is 16.1. The fourth-order valence-corrected chi connectivity index (χ4v) is 3.51. The summed E-state index contributed by atoms with van der Waals surface area (Å²) in [5.41, 5.74) is -3.01. The van der Waals surface area contributed by atoms with Crippen LogP contribution in [-0.2, 0) is 14.3 Å². The van der Waals surface area contributed by atoms with Crippen LogP contribution < -0.4 is 0 Å². The first-order chi connectivity index (χ1) is 9.60. The van der Waals surface area contributed by atoms with Gasteiger partial charge >= 0.3 is 0 Å². The Morgan fingerprint density at radius 2 is 2.05 bits per heavy atom. The van der Waals surface area contributed by atoms with Crippen molar-refractivity contribution in [2.75, 3.05) is 7.11 Å². The predicted molar refractivity (Wildman–Crippen MR) is 77.9 cm³/mol. The first-order valence-electron chi connectivity index (χ1n) is 7.41. The zero-order valence-corrected chi connectivity index (χ0v) is 13.5. The standard InChI is InChI=1S/C16H26O5/c1-10(2)6-7-12-15(4,21-12)16(19)13(20-5)11(17)8-9-14(16,3)18/h6,12-13,18-19H,7-9H2,1-5H3. The quantitative estimate of drug-likeness (QED) is 0.605. The molecule has 5 nitrogen and oxygen atoms in total. The zero-order valence-electron chi connectivity index (χ0n) is 13.5. The van der Waals surface area contributed by atoms with Gasteiger partial charge in [0.05, 0.1) is 11.7 Å². The van der Waals surface area contributed by atoms with Crippen molar-refractivity contribution in [3.8, 4) is 0 Å². The first kappa shape index (κ1) is 16.6. The van der Waals surface area contributed by atoms with Gasteiger partial charge in [-0.05, 0) is 40.5 Å². The molecule has 1 heterocycles. The van der Waals surface area contributed by atoms with Crippen molar-refractivity contribution in [3.63, 3.8) is 0 Å². The summed E-state index contributed by atoms with van der Waals surface area (Å²) in [6.07, 6.45) is 1.77. The largest absolute Gasteiger partial charge is 0.387 e. The van der Waals surface area contributed by atoms with Crippen LogP contribution >= 0.6 is 0 Å². The first-order valence-corrected chi connectivity index (χ1v) is 7.41. The molecule has 21 heavy (non-hydrogen) atoms. The topological polar surface area (TPSA) is 79.3 Å². The predicted octanol–water partition coefficient (Wildman–Crippen LogP) is 1.36. The Hall–Kier alpha value is -0.750. The second-order valence-electron chi connectivity index (χ2n) is 6.85. The Bertz CT molecular complexity index is 465. The molecule has 2 rings (SSSR count). The molecule has 0 aromatic rings. The third kappa shape index (κ3) is 2.36. The van der Waals surface area contributed by atoms with Gasteiger partial charge in [-0.2, -0.15) is 0 Å². The molecule has 1 aliphatic carbocycles. The minimum Gasteiger partial charge on any atom is -0.387 e. The normalized spacial score (nSPS) is 46.3. The number of rotatable bonds is 4. The minimum absolute atomic E-state index is 0.191. The Morgan fingerprint density at radius 3 is 2.57 bits per heavy atom. The Balaban J connectivity index is 2.33. The molecule has 5 unspecified atom stereocenters. The van der Waals surface area contributed by atoms with Crippen LogP contribution in [0.3, 0.4) is 0 Å². The summed E-state index contributed by atoms with van der Waals surface area (Å²) in [5.74, 6) is -0.191. The van der Waals surface area contributed by atoms with Crippen LogP contribution in [0, 0.1) is 0 Å². The van der Waals surface area contributed by atoms with E-state index in [0.717, 1.165) is 5.57 Å². The lowest BCUT2D eigenvalue weighted by Gasteiger charge is -2.50. The number of allylic oxidation sites excluding steroid dienone is 1. The third-order valence-electron chi connectivity index (χ3n) is 5.03. The van der Waals surface area contributed by atoms with Crippen LogP contribution in [0.1, 0.15) is 47.0 Å². The lowest BCUT2D eigenvalue weighted by atomic mass is 9.63. The molecule has 2 aliphatic rings. The summed E-state index contributed by atoms with van der Waals surface area (Å²) in [6.45, 7) is 7.28. The van der Waals surface area contributed by atoms with Crippen LogP contribution in [0.2, 0.25) is 0 Å². The fourth-order valence-electron chi connectivity index (χ4n) is 3.51. The number of carbonyl (C=O) groups excluding carboxylic acids is 1. The summed E-state index contributed by atoms with van der Waals surface area (Å²) in [4.78, 5) is 12.1. The Labute approximate surface area is 125 Å². The lowest BCUT2D eigenvalue weighted by Crippen LogP contribution is -2.72. The van der Waals surface area contributed by atoms with Crippen LogP contribution in [0.25, 0.3) is 0 Å². The number of epoxide rings is 1. The average Bonchev–Trinajstić information content (AvgIpc) is 3.06. The van der Waals surface area contributed by atoms with E-state index in [2.05, 4.69) is 0 Å². The van der Waals surface area contributed by atoms with Crippen molar-refractivity contribution in [2.24, 2.45) is 0 Å². The summed E-state index contributed by atoms with van der Waals surface area (Å²) in [6, 6.07) is 0. The van der Waals surface area contributed by atoms with E-state index in [0.29, 0.717) is 6.42 Å². The summed E-state index contributed by atoms with van der Waals surface area (Å²) < 4.78 is 11.0. The van der Waals surface area contributed by atoms with Gasteiger partial charge in [0.1, 0.15) is 11.7 Å². The lowest BCUT2D eigenvalue weighted by molar-refractivity contribution is -0.241. The molecule has 2 fully saturated rings. The van der Waals surface area contributed by atoms with Crippen LogP contribution in [0.5, 0.6) is 0 Å². The van der Waals surface area contributed by atoms with Gasteiger partial charge in [0.15, 0.2) is 11.4 Å². The molecule has 0 radical (unpaired) electrons. The highest BCUT2D eigenvalue weighted by molar-refractivity contribution is 5.86. The SMILES string of the molecule is COC1C(=O)CCC(C)(O)C1(O)C1(C)OC1CC=C(C)C. The molecule has 5 heteroatoms. The molecule has 1 saturated carbocycles. The van der Waals surface area contributed by atoms with E-state index in [4.69, 9.17) is 9.47 Å². The smallest absolute Gasteiger partial charge is 0.164 e. The Morgan fingerprint density at radius 1 is 1.43 bits per heavy atom. The van der Waals surface area contributed by atoms with Crippen molar-refractivity contribution in [1.82, 2.24) is 0 Å². The van der Waals surface area contributed by atoms with Gasteiger partial charge in [-0.15, -0.1) is 0 Å². The molecule has 1 aliphatic heterocycles. The molecule has 0 aromatic carbocycles. The second kappa shape index (κ2) is 5.16. The van der Waals surface area contributed by atoms with Gasteiger partial charge in [0, 0.05) is 13.5 Å². The Kier molecular flexibility index (Phi) is 4.08. The van der Waals surface area contributed by atoms with Crippen molar-refractivity contribution in [1.29, 1.82) is 0 Å². The van der Waals surface area contributed by atoms with E-state index in [9.17, 15) is 15.0 Å². The van der Waals surface area contributed by atoms with Crippen LogP contribution in [0.15, 0.2) is 11.6 Å². The van der Waals surface area contributed by atoms with Crippen molar-refractivity contribution >= 4 is 5.78 Å². The second-order valence-corrected chi connectivity index (χ2v) is 6.85. The van der Waals surface area contributed by atoms with E-state index in [-0.39, 0.29) is 24.7 Å². The molecule has 0 amide bonds. The summed E-state index contributed by atoms with van der Waals surface area (Å²) >= 11 is 0.